The zero-order valence-corrected chi connectivity index (χ0v) is 16.9. The van der Waals surface area contributed by atoms with Gasteiger partial charge < -0.3 is 43.4 Å². The topological polar surface area (TPSA) is 240 Å². The molecule has 4 atom stereocenters. The number of carboxylic acids is 1. The van der Waals surface area contributed by atoms with E-state index in [1.807, 2.05) is 0 Å². The quantitative estimate of drug-likeness (QED) is 0.118. The van der Waals surface area contributed by atoms with Crippen LogP contribution in [0.2, 0.25) is 0 Å². The molecule has 30 heavy (non-hydrogen) atoms. The van der Waals surface area contributed by atoms with Crippen LogP contribution in [0.5, 0.6) is 0 Å². The molecule has 0 aromatic rings. The van der Waals surface area contributed by atoms with Crippen molar-refractivity contribution in [2.75, 3.05) is 13.2 Å². The van der Waals surface area contributed by atoms with Crippen LogP contribution in [-0.4, -0.2) is 77.1 Å². The van der Waals surface area contributed by atoms with Crippen LogP contribution < -0.4 is 33.2 Å². The highest BCUT2D eigenvalue weighted by Crippen LogP contribution is 2.02. The molecule has 11 N–H and O–H groups in total. The molecule has 0 fully saturated rings. The van der Waals surface area contributed by atoms with Crippen molar-refractivity contribution in [3.8, 4) is 0 Å². The summed E-state index contributed by atoms with van der Waals surface area (Å²) in [6.45, 7) is 0.944. The number of aliphatic hydroxyl groups is 1. The fourth-order valence-electron chi connectivity index (χ4n) is 2.33. The summed E-state index contributed by atoms with van der Waals surface area (Å²) in [7, 11) is 0. The molecule has 0 aliphatic rings. The minimum Gasteiger partial charge on any atom is -0.480 e. The van der Waals surface area contributed by atoms with Crippen LogP contribution in [0.15, 0.2) is 0 Å². The Hall–Kier alpha value is -2.77. The van der Waals surface area contributed by atoms with E-state index in [1.54, 1.807) is 0 Å². The molecule has 0 rings (SSSR count). The third kappa shape index (κ3) is 10.7. The Bertz CT molecular complexity index is 615. The minimum atomic E-state index is -1.40. The summed E-state index contributed by atoms with van der Waals surface area (Å²) in [5.74, 6) is -4.26. The van der Waals surface area contributed by atoms with E-state index in [2.05, 4.69) is 16.0 Å². The second kappa shape index (κ2) is 14.3. The maximum absolute atomic E-state index is 12.2. The maximum atomic E-state index is 12.2. The summed E-state index contributed by atoms with van der Waals surface area (Å²) in [5.41, 5.74) is 15.9. The maximum Gasteiger partial charge on any atom is 0.326 e. The molecule has 0 aliphatic carbocycles. The number of hydrogen-bond acceptors (Lipinski definition) is 8. The number of unbranched alkanes of at least 4 members (excludes halogenated alkanes) is 1. The molecule has 13 nitrogen and oxygen atoms in total. The zero-order chi connectivity index (χ0) is 23.3. The van der Waals surface area contributed by atoms with Crippen LogP contribution in [0.3, 0.4) is 0 Å². The average Bonchev–Trinajstić information content (AvgIpc) is 2.68. The number of carbonyl (C=O) groups is 5. The van der Waals surface area contributed by atoms with Crippen LogP contribution in [0.25, 0.3) is 0 Å². The van der Waals surface area contributed by atoms with Gasteiger partial charge in [-0.1, -0.05) is 0 Å². The van der Waals surface area contributed by atoms with Crippen LogP contribution in [0.4, 0.5) is 0 Å². The molecule has 13 heteroatoms. The van der Waals surface area contributed by atoms with Gasteiger partial charge in [0.25, 0.3) is 0 Å². The van der Waals surface area contributed by atoms with Crippen molar-refractivity contribution < 1.29 is 34.2 Å². The third-order valence-electron chi connectivity index (χ3n) is 4.17. The zero-order valence-electron chi connectivity index (χ0n) is 16.9. The molecule has 0 aromatic carbocycles. The Morgan fingerprint density at radius 3 is 2.00 bits per heavy atom. The largest absolute Gasteiger partial charge is 0.480 e. The molecular formula is C17H32N6O7. The highest BCUT2D eigenvalue weighted by molar-refractivity contribution is 5.94. The SMILES string of the molecule is CC(NC(=O)C(CO)NC(=O)C(N)CCC(N)=O)C(=O)NC(CCCCN)C(=O)O. The van der Waals surface area contributed by atoms with Crippen molar-refractivity contribution in [1.29, 1.82) is 0 Å². The Morgan fingerprint density at radius 2 is 1.50 bits per heavy atom. The predicted octanol–water partition coefficient (Wildman–Crippen LogP) is -3.74. The van der Waals surface area contributed by atoms with E-state index >= 15 is 0 Å². The van der Waals surface area contributed by atoms with Gasteiger partial charge in [-0.15, -0.1) is 0 Å². The van der Waals surface area contributed by atoms with Gasteiger partial charge in [-0.05, 0) is 39.2 Å². The van der Waals surface area contributed by atoms with Gasteiger partial charge in [0.15, 0.2) is 0 Å². The second-order valence-electron chi connectivity index (χ2n) is 6.77. The van der Waals surface area contributed by atoms with E-state index in [1.165, 1.54) is 6.92 Å². The van der Waals surface area contributed by atoms with Gasteiger partial charge >= 0.3 is 5.97 Å². The van der Waals surface area contributed by atoms with E-state index < -0.39 is 60.4 Å². The standard InChI is InChI=1S/C17H32N6O7/c1-9(14(26)22-11(17(29)30)4-2-3-7-18)21-16(28)12(8-24)23-15(27)10(19)5-6-13(20)25/h9-12,24H,2-8,18-19H2,1H3,(H2,20,25)(H,21,28)(H,22,26)(H,23,27)(H,29,30). The number of aliphatic carboxylic acids is 1. The highest BCUT2D eigenvalue weighted by atomic mass is 16.4. The lowest BCUT2D eigenvalue weighted by atomic mass is 10.1. The molecule has 4 amide bonds. The summed E-state index contributed by atoms with van der Waals surface area (Å²) in [6.07, 6.45) is 1.12. The first-order valence-electron chi connectivity index (χ1n) is 9.52. The van der Waals surface area contributed by atoms with Gasteiger partial charge in [-0.25, -0.2) is 4.79 Å². The Labute approximate surface area is 174 Å². The molecule has 0 spiro atoms. The normalized spacial score (nSPS) is 14.7. The van der Waals surface area contributed by atoms with Crippen LogP contribution in [0.1, 0.15) is 39.0 Å². The van der Waals surface area contributed by atoms with E-state index in [9.17, 15) is 34.2 Å². The Morgan fingerprint density at radius 1 is 0.900 bits per heavy atom. The first-order chi connectivity index (χ1) is 14.0. The van der Waals surface area contributed by atoms with Crippen LogP contribution >= 0.6 is 0 Å². The predicted molar refractivity (Wildman–Crippen MR) is 105 cm³/mol. The molecule has 0 saturated carbocycles. The summed E-state index contributed by atoms with van der Waals surface area (Å²) >= 11 is 0. The van der Waals surface area contributed by atoms with Crippen LogP contribution in [0, 0.1) is 0 Å². The van der Waals surface area contributed by atoms with Gasteiger partial charge in [0.05, 0.1) is 12.6 Å². The number of carbonyl (C=O) groups excluding carboxylic acids is 4. The smallest absolute Gasteiger partial charge is 0.326 e. The van der Waals surface area contributed by atoms with Gasteiger partial charge in [-0.2, -0.15) is 0 Å². The first kappa shape index (κ1) is 27.2. The van der Waals surface area contributed by atoms with Crippen molar-refractivity contribution >= 4 is 29.6 Å². The molecule has 0 radical (unpaired) electrons. The lowest BCUT2D eigenvalue weighted by molar-refractivity contribution is -0.142. The molecule has 0 aromatic heterocycles. The molecule has 0 aliphatic heterocycles. The van der Waals surface area contributed by atoms with E-state index in [4.69, 9.17) is 17.2 Å². The molecule has 4 unspecified atom stereocenters. The van der Waals surface area contributed by atoms with E-state index in [0.717, 1.165) is 0 Å². The molecular weight excluding hydrogens is 400 g/mol. The molecule has 172 valence electrons. The summed E-state index contributed by atoms with van der Waals surface area (Å²) in [6, 6.07) is -4.79. The minimum absolute atomic E-state index is 0.0412. The Kier molecular flexibility index (Phi) is 12.9. The van der Waals surface area contributed by atoms with Crippen molar-refractivity contribution in [2.45, 2.75) is 63.2 Å². The highest BCUT2D eigenvalue weighted by Gasteiger charge is 2.27. The van der Waals surface area contributed by atoms with Crippen molar-refractivity contribution in [3.05, 3.63) is 0 Å². The molecule has 0 bridgehead atoms. The average molecular weight is 432 g/mol. The number of nitrogens with two attached hydrogens (primary N) is 3. The monoisotopic (exact) mass is 432 g/mol. The first-order valence-corrected chi connectivity index (χ1v) is 9.52. The van der Waals surface area contributed by atoms with Gasteiger partial charge in [0.1, 0.15) is 18.1 Å². The van der Waals surface area contributed by atoms with Crippen molar-refractivity contribution in [2.24, 2.45) is 17.2 Å². The lowest BCUT2D eigenvalue weighted by Crippen LogP contribution is -2.57. The lowest BCUT2D eigenvalue weighted by Gasteiger charge is -2.22. The Balaban J connectivity index is 4.74. The number of nitrogens with one attached hydrogen (secondary N) is 3. The van der Waals surface area contributed by atoms with E-state index in [-0.39, 0.29) is 19.3 Å². The summed E-state index contributed by atoms with van der Waals surface area (Å²) in [4.78, 5) is 58.4. The number of aliphatic hydroxyl groups excluding tert-OH is 1. The fourth-order valence-corrected chi connectivity index (χ4v) is 2.33. The van der Waals surface area contributed by atoms with Crippen molar-refractivity contribution in [3.63, 3.8) is 0 Å². The fraction of sp³-hybridized carbons (Fsp3) is 0.706. The van der Waals surface area contributed by atoms with Crippen LogP contribution in [-0.2, 0) is 24.0 Å². The van der Waals surface area contributed by atoms with Gasteiger partial charge in [0, 0.05) is 6.42 Å². The number of hydrogen-bond donors (Lipinski definition) is 8. The second-order valence-corrected chi connectivity index (χ2v) is 6.77. The third-order valence-corrected chi connectivity index (χ3v) is 4.17. The van der Waals surface area contributed by atoms with Gasteiger partial charge in [0.2, 0.25) is 23.6 Å². The summed E-state index contributed by atoms with van der Waals surface area (Å²) < 4.78 is 0. The number of amides is 4. The number of carboxylic acid groups (broad SMARTS) is 1. The van der Waals surface area contributed by atoms with Gasteiger partial charge in [-0.3, -0.25) is 19.2 Å². The molecule has 0 saturated heterocycles. The molecule has 0 heterocycles. The van der Waals surface area contributed by atoms with Crippen molar-refractivity contribution in [1.82, 2.24) is 16.0 Å². The number of rotatable bonds is 15. The number of primary amides is 1. The summed E-state index contributed by atoms with van der Waals surface area (Å²) in [5, 5.41) is 25.4. The van der Waals surface area contributed by atoms with E-state index in [0.29, 0.717) is 19.4 Å².